The Morgan fingerprint density at radius 3 is 2.57 bits per heavy atom. The van der Waals surface area contributed by atoms with E-state index in [1.54, 1.807) is 24.3 Å². The summed E-state index contributed by atoms with van der Waals surface area (Å²) in [4.78, 5) is 47.3. The van der Waals surface area contributed by atoms with Gasteiger partial charge >= 0.3 is 0 Å². The zero-order valence-electron chi connectivity index (χ0n) is 16.5. The van der Waals surface area contributed by atoms with Gasteiger partial charge in [0.2, 0.25) is 17.8 Å². The van der Waals surface area contributed by atoms with E-state index in [1.165, 1.54) is 6.92 Å². The highest BCUT2D eigenvalue weighted by molar-refractivity contribution is 6.05. The minimum absolute atomic E-state index is 0.0607. The highest BCUT2D eigenvalue weighted by Gasteiger charge is 2.35. The predicted octanol–water partition coefficient (Wildman–Crippen LogP) is 1.16. The number of benzene rings is 1. The van der Waals surface area contributed by atoms with Crippen molar-refractivity contribution in [3.8, 4) is 0 Å². The number of hydrogen-bond donors (Lipinski definition) is 3. The molecule has 1 aromatic carbocycles. The summed E-state index contributed by atoms with van der Waals surface area (Å²) in [6.45, 7) is 3.82. The molecule has 4 N–H and O–H groups in total. The van der Waals surface area contributed by atoms with Crippen LogP contribution in [0.15, 0.2) is 24.3 Å². The molecular weight excluding hydrogens is 388 g/mol. The third-order valence-electron chi connectivity index (χ3n) is 5.13. The van der Waals surface area contributed by atoms with E-state index in [0.717, 1.165) is 0 Å². The maximum Gasteiger partial charge on any atom is 0.232 e. The van der Waals surface area contributed by atoms with Gasteiger partial charge in [-0.3, -0.25) is 14.4 Å². The van der Waals surface area contributed by atoms with E-state index < -0.39 is 11.8 Å². The van der Waals surface area contributed by atoms with Crippen LogP contribution in [0.2, 0.25) is 0 Å². The van der Waals surface area contributed by atoms with Crippen LogP contribution in [0.3, 0.4) is 0 Å². The van der Waals surface area contributed by atoms with Crippen LogP contribution >= 0.6 is 0 Å². The van der Waals surface area contributed by atoms with Crippen LogP contribution in [0.25, 0.3) is 0 Å². The summed E-state index contributed by atoms with van der Waals surface area (Å²) >= 11 is 0. The highest BCUT2D eigenvalue weighted by atomic mass is 16.5. The van der Waals surface area contributed by atoms with Crippen molar-refractivity contribution in [1.82, 2.24) is 9.97 Å². The minimum atomic E-state index is -0.819. The lowest BCUT2D eigenvalue weighted by atomic mass is 9.91. The first-order chi connectivity index (χ1) is 14.4. The fourth-order valence-electron chi connectivity index (χ4n) is 3.53. The number of nitrogen functional groups attached to an aromatic ring is 1. The van der Waals surface area contributed by atoms with E-state index in [9.17, 15) is 14.4 Å². The number of hydrogen-bond acceptors (Lipinski definition) is 8. The third kappa shape index (κ3) is 3.94. The van der Waals surface area contributed by atoms with Crippen LogP contribution in [-0.4, -0.2) is 53.9 Å². The average Bonchev–Trinajstić information content (AvgIpc) is 2.73. The number of rotatable bonds is 4. The summed E-state index contributed by atoms with van der Waals surface area (Å²) in [6.07, 6.45) is -0.0607. The molecule has 2 aliphatic heterocycles. The highest BCUT2D eigenvalue weighted by Crippen LogP contribution is 2.36. The lowest BCUT2D eigenvalue weighted by molar-refractivity contribution is -0.123. The van der Waals surface area contributed by atoms with E-state index >= 15 is 0 Å². The molecule has 1 saturated heterocycles. The van der Waals surface area contributed by atoms with Gasteiger partial charge in [-0.2, -0.15) is 9.97 Å². The Labute approximate surface area is 172 Å². The van der Waals surface area contributed by atoms with Gasteiger partial charge in [0, 0.05) is 30.8 Å². The van der Waals surface area contributed by atoms with Crippen molar-refractivity contribution < 1.29 is 19.1 Å². The average molecular weight is 410 g/mol. The number of ketones is 1. The molecule has 0 bridgehead atoms. The Morgan fingerprint density at radius 1 is 1.20 bits per heavy atom. The van der Waals surface area contributed by atoms with Crippen LogP contribution in [0.5, 0.6) is 0 Å². The number of fused-ring (bicyclic) bond motifs is 1. The van der Waals surface area contributed by atoms with Crippen LogP contribution < -0.4 is 21.3 Å². The zero-order chi connectivity index (χ0) is 21.3. The molecule has 0 saturated carbocycles. The summed E-state index contributed by atoms with van der Waals surface area (Å²) in [5, 5.41) is 5.48. The molecular formula is C20H22N6O4. The van der Waals surface area contributed by atoms with Gasteiger partial charge in [-0.15, -0.1) is 0 Å². The van der Waals surface area contributed by atoms with Crippen LogP contribution in [0, 0.1) is 0 Å². The van der Waals surface area contributed by atoms with E-state index in [1.807, 2.05) is 4.90 Å². The van der Waals surface area contributed by atoms with E-state index in [2.05, 4.69) is 20.6 Å². The molecule has 0 spiro atoms. The molecule has 2 amide bonds. The Bertz CT molecular complexity index is 1000. The molecule has 2 aliphatic rings. The number of nitrogens with one attached hydrogen (secondary N) is 2. The predicted molar refractivity (Wildman–Crippen MR) is 111 cm³/mol. The molecule has 4 rings (SSSR count). The quantitative estimate of drug-likeness (QED) is 0.638. The second-order valence-corrected chi connectivity index (χ2v) is 7.20. The Morgan fingerprint density at radius 2 is 1.90 bits per heavy atom. The van der Waals surface area contributed by atoms with Crippen LogP contribution in [0.4, 0.5) is 23.3 Å². The normalized spacial score (nSPS) is 18.4. The number of ether oxygens (including phenoxy) is 1. The first-order valence-electron chi connectivity index (χ1n) is 9.64. The molecule has 10 heteroatoms. The second-order valence-electron chi connectivity index (χ2n) is 7.20. The molecule has 2 aromatic rings. The van der Waals surface area contributed by atoms with Crippen molar-refractivity contribution >= 4 is 40.9 Å². The number of nitrogens with two attached hydrogens (primary N) is 1. The Hall–Kier alpha value is -3.53. The number of carbonyl (C=O) groups is 3. The molecule has 0 unspecified atom stereocenters. The first kappa shape index (κ1) is 19.8. The smallest absolute Gasteiger partial charge is 0.232 e. The second kappa shape index (κ2) is 8.07. The van der Waals surface area contributed by atoms with Gasteiger partial charge in [-0.25, -0.2) is 0 Å². The van der Waals surface area contributed by atoms with Crippen molar-refractivity contribution in [3.63, 3.8) is 0 Å². The van der Waals surface area contributed by atoms with Gasteiger partial charge in [0.1, 0.15) is 11.6 Å². The molecule has 0 radical (unpaired) electrons. The fourth-order valence-corrected chi connectivity index (χ4v) is 3.53. The topological polar surface area (TPSA) is 140 Å². The Balaban J connectivity index is 1.59. The number of Topliss-reactive ketones (excluding diaryl/α,β-unsaturated/α-hetero) is 1. The maximum absolute atomic E-state index is 12.9. The fraction of sp³-hybridized carbons (Fsp3) is 0.350. The third-order valence-corrected chi connectivity index (χ3v) is 5.13. The van der Waals surface area contributed by atoms with Crippen LogP contribution in [-0.2, 0) is 14.3 Å². The number of carbonyl (C=O) groups excluding carboxylic acids is 3. The summed E-state index contributed by atoms with van der Waals surface area (Å²) in [5.41, 5.74) is 7.66. The van der Waals surface area contributed by atoms with E-state index in [4.69, 9.17) is 10.5 Å². The monoisotopic (exact) mass is 410 g/mol. The number of morpholine rings is 1. The SMILES string of the molecule is CC(=O)c1ccc(NC(=O)[C@@H]2CC(=O)Nc3nc(N4CCOCC4)nc(N)c32)cc1. The van der Waals surface area contributed by atoms with Crippen molar-refractivity contribution in [2.45, 2.75) is 19.3 Å². The van der Waals surface area contributed by atoms with Gasteiger partial charge in [0.15, 0.2) is 5.78 Å². The zero-order valence-corrected chi connectivity index (χ0v) is 16.5. The number of amides is 2. The van der Waals surface area contributed by atoms with Gasteiger partial charge in [0.25, 0.3) is 0 Å². The number of aromatic nitrogens is 2. The van der Waals surface area contributed by atoms with Gasteiger partial charge < -0.3 is 26.0 Å². The largest absolute Gasteiger partial charge is 0.383 e. The molecule has 1 aromatic heterocycles. The molecule has 3 heterocycles. The summed E-state index contributed by atoms with van der Waals surface area (Å²) in [5.74, 6) is -0.778. The van der Waals surface area contributed by atoms with Gasteiger partial charge in [0.05, 0.1) is 24.7 Å². The first-order valence-corrected chi connectivity index (χ1v) is 9.64. The summed E-state index contributed by atoms with van der Waals surface area (Å²) in [6, 6.07) is 6.54. The maximum atomic E-state index is 12.9. The van der Waals surface area contributed by atoms with E-state index in [-0.39, 0.29) is 29.7 Å². The van der Waals surface area contributed by atoms with Crippen LogP contribution in [0.1, 0.15) is 35.2 Å². The van der Waals surface area contributed by atoms with Crippen molar-refractivity contribution in [3.05, 3.63) is 35.4 Å². The number of anilines is 4. The van der Waals surface area contributed by atoms with Gasteiger partial charge in [-0.1, -0.05) is 0 Å². The van der Waals surface area contributed by atoms with Crippen molar-refractivity contribution in [1.29, 1.82) is 0 Å². The molecule has 10 nitrogen and oxygen atoms in total. The van der Waals surface area contributed by atoms with Gasteiger partial charge in [-0.05, 0) is 31.2 Å². The number of nitrogens with zero attached hydrogens (tertiary/aromatic N) is 3. The summed E-state index contributed by atoms with van der Waals surface area (Å²) in [7, 11) is 0. The summed E-state index contributed by atoms with van der Waals surface area (Å²) < 4.78 is 5.34. The molecule has 30 heavy (non-hydrogen) atoms. The standard InChI is InChI=1S/C20H22N6O4/c1-11(27)12-2-4-13(5-3-12)22-19(29)14-10-15(28)23-18-16(14)17(21)24-20(25-18)26-6-8-30-9-7-26/h2-5,14H,6-10H2,1H3,(H,22,29)(H3,21,23,24,25,28)/t14-/m1/s1. The van der Waals surface area contributed by atoms with Crippen molar-refractivity contribution in [2.75, 3.05) is 47.6 Å². The minimum Gasteiger partial charge on any atom is -0.383 e. The van der Waals surface area contributed by atoms with E-state index in [0.29, 0.717) is 49.1 Å². The molecule has 1 fully saturated rings. The van der Waals surface area contributed by atoms with Crippen molar-refractivity contribution in [2.24, 2.45) is 0 Å². The lowest BCUT2D eigenvalue weighted by Gasteiger charge is -2.30. The Kier molecular flexibility index (Phi) is 5.32. The molecule has 1 atom stereocenters. The molecule has 156 valence electrons. The molecule has 0 aliphatic carbocycles. The lowest BCUT2D eigenvalue weighted by Crippen LogP contribution is -2.38.